The largest absolute Gasteiger partial charge is 0.384 e. The van der Waals surface area contributed by atoms with Crippen molar-refractivity contribution in [3.63, 3.8) is 0 Å². The van der Waals surface area contributed by atoms with E-state index in [1.807, 2.05) is 5.38 Å². The van der Waals surface area contributed by atoms with Gasteiger partial charge in [0.25, 0.3) is 5.91 Å². The van der Waals surface area contributed by atoms with E-state index in [-0.39, 0.29) is 12.5 Å². The molecule has 1 amide bonds. The SMILES string of the molecule is O=C(NCCc1nccs1)c1csc(C#CCO)c1. The van der Waals surface area contributed by atoms with Crippen molar-refractivity contribution in [1.29, 1.82) is 0 Å². The lowest BCUT2D eigenvalue weighted by atomic mass is 10.3. The summed E-state index contributed by atoms with van der Waals surface area (Å²) in [6, 6.07) is 1.73. The van der Waals surface area contributed by atoms with Gasteiger partial charge in [0.05, 0.1) is 15.4 Å². The number of aliphatic hydroxyl groups excluding tert-OH is 1. The Balaban J connectivity index is 1.84. The number of nitrogens with zero attached hydrogens (tertiary/aromatic N) is 1. The molecule has 0 aliphatic heterocycles. The van der Waals surface area contributed by atoms with Crippen molar-refractivity contribution in [3.05, 3.63) is 38.5 Å². The summed E-state index contributed by atoms with van der Waals surface area (Å²) in [5.41, 5.74) is 0.603. The van der Waals surface area contributed by atoms with Crippen LogP contribution in [0.3, 0.4) is 0 Å². The summed E-state index contributed by atoms with van der Waals surface area (Å²) in [6.07, 6.45) is 2.50. The maximum absolute atomic E-state index is 11.8. The summed E-state index contributed by atoms with van der Waals surface area (Å²) in [7, 11) is 0. The van der Waals surface area contributed by atoms with Crippen LogP contribution >= 0.6 is 22.7 Å². The first-order chi connectivity index (χ1) is 9.29. The number of thiazole rings is 1. The van der Waals surface area contributed by atoms with Gasteiger partial charge in [-0.3, -0.25) is 4.79 Å². The number of hydrogen-bond donors (Lipinski definition) is 2. The van der Waals surface area contributed by atoms with E-state index in [1.54, 1.807) is 29.0 Å². The molecule has 2 rings (SSSR count). The van der Waals surface area contributed by atoms with Crippen molar-refractivity contribution in [3.8, 4) is 11.8 Å². The van der Waals surface area contributed by atoms with Gasteiger partial charge in [-0.15, -0.1) is 22.7 Å². The molecule has 0 aliphatic carbocycles. The molecule has 98 valence electrons. The number of hydrogen-bond acceptors (Lipinski definition) is 5. The smallest absolute Gasteiger partial charge is 0.252 e. The number of thiophene rings is 1. The Bertz CT molecular complexity index is 594. The fourth-order valence-corrected chi connectivity index (χ4v) is 2.78. The highest BCUT2D eigenvalue weighted by atomic mass is 32.1. The predicted molar refractivity (Wildman–Crippen MR) is 76.4 cm³/mol. The fourth-order valence-electron chi connectivity index (χ4n) is 1.41. The molecule has 6 heteroatoms. The molecule has 0 fully saturated rings. The molecule has 4 nitrogen and oxygen atoms in total. The molecule has 2 aromatic heterocycles. The number of carbonyl (C=O) groups is 1. The van der Waals surface area contributed by atoms with Crippen LogP contribution in [0, 0.1) is 11.8 Å². The van der Waals surface area contributed by atoms with Crippen molar-refractivity contribution in [2.45, 2.75) is 6.42 Å². The monoisotopic (exact) mass is 292 g/mol. The van der Waals surface area contributed by atoms with Gasteiger partial charge in [-0.1, -0.05) is 11.8 Å². The summed E-state index contributed by atoms with van der Waals surface area (Å²) < 4.78 is 0. The van der Waals surface area contributed by atoms with Crippen LogP contribution in [0.5, 0.6) is 0 Å². The first-order valence-corrected chi connectivity index (χ1v) is 7.40. The van der Waals surface area contributed by atoms with E-state index < -0.39 is 0 Å². The Labute approximate surface area is 119 Å². The van der Waals surface area contributed by atoms with E-state index >= 15 is 0 Å². The molecular formula is C13H12N2O2S2. The maximum atomic E-state index is 11.8. The Morgan fingerprint density at radius 3 is 3.11 bits per heavy atom. The van der Waals surface area contributed by atoms with Crippen LogP contribution in [-0.4, -0.2) is 29.1 Å². The zero-order chi connectivity index (χ0) is 13.5. The first-order valence-electron chi connectivity index (χ1n) is 5.64. The average molecular weight is 292 g/mol. The van der Waals surface area contributed by atoms with Crippen LogP contribution in [0.25, 0.3) is 0 Å². The third-order valence-corrected chi connectivity index (χ3v) is 3.95. The molecule has 0 aliphatic rings. The van der Waals surface area contributed by atoms with Crippen molar-refractivity contribution in [2.75, 3.05) is 13.2 Å². The van der Waals surface area contributed by atoms with E-state index in [9.17, 15) is 4.79 Å². The van der Waals surface area contributed by atoms with Crippen molar-refractivity contribution >= 4 is 28.6 Å². The Kier molecular flexibility index (Phi) is 5.10. The van der Waals surface area contributed by atoms with Crippen molar-refractivity contribution < 1.29 is 9.90 Å². The molecule has 0 unspecified atom stereocenters. The second kappa shape index (κ2) is 7.04. The van der Waals surface area contributed by atoms with E-state index in [4.69, 9.17) is 5.11 Å². The quantitative estimate of drug-likeness (QED) is 0.840. The first kappa shape index (κ1) is 13.7. The number of aliphatic hydroxyl groups is 1. The van der Waals surface area contributed by atoms with Crippen LogP contribution in [0.15, 0.2) is 23.0 Å². The van der Waals surface area contributed by atoms with Gasteiger partial charge in [-0.05, 0) is 6.07 Å². The molecule has 2 heterocycles. The van der Waals surface area contributed by atoms with Crippen LogP contribution in [0.4, 0.5) is 0 Å². The summed E-state index contributed by atoms with van der Waals surface area (Å²) in [4.78, 5) is 16.8. The van der Waals surface area contributed by atoms with Crippen molar-refractivity contribution in [1.82, 2.24) is 10.3 Å². The van der Waals surface area contributed by atoms with Gasteiger partial charge in [0.1, 0.15) is 6.61 Å². The molecule has 19 heavy (non-hydrogen) atoms. The van der Waals surface area contributed by atoms with Crippen molar-refractivity contribution in [2.24, 2.45) is 0 Å². The number of nitrogens with one attached hydrogen (secondary N) is 1. The summed E-state index contributed by atoms with van der Waals surface area (Å²) >= 11 is 2.97. The van der Waals surface area contributed by atoms with E-state index in [2.05, 4.69) is 22.1 Å². The zero-order valence-corrected chi connectivity index (χ0v) is 11.7. The van der Waals surface area contributed by atoms with Crippen LogP contribution < -0.4 is 5.32 Å². The molecule has 0 radical (unpaired) electrons. The zero-order valence-electron chi connectivity index (χ0n) is 10.0. The third kappa shape index (κ3) is 4.17. The van der Waals surface area contributed by atoms with E-state index in [0.29, 0.717) is 12.1 Å². The number of rotatable bonds is 4. The molecular weight excluding hydrogens is 280 g/mol. The summed E-state index contributed by atoms with van der Waals surface area (Å²) in [6.45, 7) is 0.396. The van der Waals surface area contributed by atoms with Gasteiger partial charge in [-0.25, -0.2) is 4.98 Å². The lowest BCUT2D eigenvalue weighted by molar-refractivity contribution is 0.0954. The molecule has 0 saturated heterocycles. The predicted octanol–water partition coefficient (Wildman–Crippen LogP) is 1.52. The Hall–Kier alpha value is -1.68. The molecule has 2 aromatic rings. The third-order valence-electron chi connectivity index (χ3n) is 2.26. The van der Waals surface area contributed by atoms with Gasteiger partial charge < -0.3 is 10.4 Å². The van der Waals surface area contributed by atoms with Gasteiger partial charge in [0, 0.05) is 29.9 Å². The fraction of sp³-hybridized carbons (Fsp3) is 0.231. The van der Waals surface area contributed by atoms with Gasteiger partial charge in [0.2, 0.25) is 0 Å². The average Bonchev–Trinajstić information content (AvgIpc) is 3.07. The van der Waals surface area contributed by atoms with Gasteiger partial charge >= 0.3 is 0 Å². The maximum Gasteiger partial charge on any atom is 0.252 e. The van der Waals surface area contributed by atoms with Gasteiger partial charge in [0.15, 0.2) is 0 Å². The topological polar surface area (TPSA) is 62.2 Å². The molecule has 0 spiro atoms. The normalized spacial score (nSPS) is 9.74. The van der Waals surface area contributed by atoms with E-state index in [0.717, 1.165) is 16.3 Å². The minimum atomic E-state index is -0.173. The highest BCUT2D eigenvalue weighted by Crippen LogP contribution is 2.13. The molecule has 0 aromatic carbocycles. The highest BCUT2D eigenvalue weighted by molar-refractivity contribution is 7.10. The van der Waals surface area contributed by atoms with E-state index in [1.165, 1.54) is 11.3 Å². The summed E-state index contributed by atoms with van der Waals surface area (Å²) in [5.74, 6) is 5.23. The Morgan fingerprint density at radius 2 is 2.37 bits per heavy atom. The molecule has 0 bridgehead atoms. The Morgan fingerprint density at radius 1 is 1.47 bits per heavy atom. The second-order valence-corrected chi connectivity index (χ2v) is 5.48. The minimum Gasteiger partial charge on any atom is -0.384 e. The molecule has 0 atom stereocenters. The van der Waals surface area contributed by atoms with Crippen LogP contribution in [-0.2, 0) is 6.42 Å². The van der Waals surface area contributed by atoms with Gasteiger partial charge in [-0.2, -0.15) is 0 Å². The molecule has 0 saturated carbocycles. The molecule has 2 N–H and O–H groups in total. The number of carbonyl (C=O) groups excluding carboxylic acids is 1. The number of aromatic nitrogens is 1. The highest BCUT2D eigenvalue weighted by Gasteiger charge is 2.07. The number of amides is 1. The second-order valence-electron chi connectivity index (χ2n) is 3.59. The van der Waals surface area contributed by atoms with Crippen LogP contribution in [0.2, 0.25) is 0 Å². The summed E-state index contributed by atoms with van der Waals surface area (Å²) in [5, 5.41) is 16.1. The minimum absolute atomic E-state index is 0.107. The lowest BCUT2D eigenvalue weighted by Gasteiger charge is -2.01. The van der Waals surface area contributed by atoms with Crippen LogP contribution in [0.1, 0.15) is 20.2 Å². The standard InChI is InChI=1S/C13H12N2O2S2/c16-6-1-2-11-8-10(9-19-11)13(17)15-4-3-12-14-5-7-18-12/h5,7-9,16H,3-4,6H2,(H,15,17). The lowest BCUT2D eigenvalue weighted by Crippen LogP contribution is -2.25.